The Morgan fingerprint density at radius 3 is 2.36 bits per heavy atom. The molecule has 7 atom stereocenters. The fourth-order valence-electron chi connectivity index (χ4n) is 4.22. The zero-order valence-corrected chi connectivity index (χ0v) is 20.2. The molecule has 1 saturated heterocycles. The molecule has 1 aliphatic carbocycles. The first-order chi connectivity index (χ1) is 15.2. The number of aliphatic hydroxyl groups is 2. The number of fused-ring (bicyclic) bond motifs is 1. The molecule has 0 aromatic heterocycles. The molecule has 2 rings (SSSR count). The minimum Gasteiger partial charge on any atom is -0.459 e. The monoisotopic (exact) mass is 468 g/mol. The van der Waals surface area contributed by atoms with Gasteiger partial charge in [-0.15, -0.1) is 0 Å². The number of hydrogen-bond acceptors (Lipinski definition) is 9. The van der Waals surface area contributed by atoms with Crippen LogP contribution in [0.4, 0.5) is 0 Å². The van der Waals surface area contributed by atoms with Gasteiger partial charge in [0.25, 0.3) is 0 Å². The van der Waals surface area contributed by atoms with Crippen LogP contribution < -0.4 is 0 Å². The van der Waals surface area contributed by atoms with Crippen LogP contribution in [0.1, 0.15) is 60.8 Å². The molecule has 1 saturated carbocycles. The number of ketones is 1. The summed E-state index contributed by atoms with van der Waals surface area (Å²) in [6.07, 6.45) is -5.28. The number of aliphatic hydroxyl groups excluding tert-OH is 1. The van der Waals surface area contributed by atoms with Crippen molar-refractivity contribution < 1.29 is 43.6 Å². The third-order valence-electron chi connectivity index (χ3n) is 6.33. The summed E-state index contributed by atoms with van der Waals surface area (Å²) < 4.78 is 16.5. The predicted octanol–water partition coefficient (Wildman–Crippen LogP) is 1.72. The summed E-state index contributed by atoms with van der Waals surface area (Å²) in [5.41, 5.74) is -2.29. The second-order valence-electron chi connectivity index (χ2n) is 10.1. The van der Waals surface area contributed by atoms with Crippen LogP contribution >= 0.6 is 0 Å². The molecule has 0 bridgehead atoms. The van der Waals surface area contributed by atoms with Gasteiger partial charge in [-0.25, -0.2) is 4.79 Å². The van der Waals surface area contributed by atoms with Gasteiger partial charge in [0.05, 0.1) is 11.8 Å². The maximum atomic E-state index is 13.0. The van der Waals surface area contributed by atoms with E-state index >= 15 is 0 Å². The number of carbonyl (C=O) groups is 4. The second-order valence-corrected chi connectivity index (χ2v) is 10.1. The summed E-state index contributed by atoms with van der Waals surface area (Å²) in [6.45, 7) is 13.5. The Bertz CT molecular complexity index is 798. The van der Waals surface area contributed by atoms with Gasteiger partial charge in [-0.1, -0.05) is 41.2 Å². The van der Waals surface area contributed by atoms with Crippen LogP contribution in [0.5, 0.6) is 0 Å². The standard InChI is InChI=1S/C24H36O9/c1-11(2)10-16(26)31-19-13(5)8-9-15(25)24(7,30)21(33-22(28)12(3)4)20-17(18(19)27)14(6)23(29)32-20/h11-13,17-21,27,30H,6,8-10H2,1-5,7H3. The van der Waals surface area contributed by atoms with Gasteiger partial charge in [0, 0.05) is 18.4 Å². The van der Waals surface area contributed by atoms with Gasteiger partial charge in [0.15, 0.2) is 23.6 Å². The van der Waals surface area contributed by atoms with E-state index in [9.17, 15) is 29.4 Å². The van der Waals surface area contributed by atoms with Crippen molar-refractivity contribution >= 4 is 23.7 Å². The SMILES string of the molecule is C=C1C(=O)OC2C1C(O)C(OC(=O)CC(C)C)C(C)CCC(=O)C(C)(O)C2OC(=O)C(C)C. The van der Waals surface area contributed by atoms with Gasteiger partial charge in [0.2, 0.25) is 0 Å². The normalized spacial score (nSPS) is 35.3. The number of esters is 3. The van der Waals surface area contributed by atoms with Gasteiger partial charge in [-0.2, -0.15) is 0 Å². The molecule has 0 spiro atoms. The third kappa shape index (κ3) is 5.81. The van der Waals surface area contributed by atoms with E-state index in [0.29, 0.717) is 0 Å². The highest BCUT2D eigenvalue weighted by atomic mass is 16.6. The van der Waals surface area contributed by atoms with Gasteiger partial charge >= 0.3 is 17.9 Å². The Hall–Kier alpha value is -2.26. The summed E-state index contributed by atoms with van der Waals surface area (Å²) in [5, 5.41) is 22.5. The van der Waals surface area contributed by atoms with Gasteiger partial charge in [-0.05, 0) is 25.2 Å². The third-order valence-corrected chi connectivity index (χ3v) is 6.33. The molecule has 186 valence electrons. The van der Waals surface area contributed by atoms with E-state index in [-0.39, 0.29) is 30.8 Å². The van der Waals surface area contributed by atoms with Crippen LogP contribution in [-0.4, -0.2) is 63.9 Å². The molecule has 33 heavy (non-hydrogen) atoms. The van der Waals surface area contributed by atoms with E-state index in [4.69, 9.17) is 14.2 Å². The molecule has 7 unspecified atom stereocenters. The first kappa shape index (κ1) is 27.0. The molecule has 0 aromatic carbocycles. The molecule has 1 heterocycles. The minimum absolute atomic E-state index is 0.0279. The van der Waals surface area contributed by atoms with Gasteiger partial charge in [0.1, 0.15) is 12.2 Å². The maximum absolute atomic E-state index is 13.0. The zero-order chi connectivity index (χ0) is 25.2. The zero-order valence-electron chi connectivity index (χ0n) is 20.2. The van der Waals surface area contributed by atoms with E-state index < -0.39 is 71.5 Å². The number of Topliss-reactive ketones (excluding diaryl/α,β-unsaturated/α-hetero) is 1. The van der Waals surface area contributed by atoms with Crippen molar-refractivity contribution in [3.63, 3.8) is 0 Å². The number of rotatable bonds is 5. The molecule has 2 aliphatic rings. The van der Waals surface area contributed by atoms with Crippen molar-refractivity contribution in [1.29, 1.82) is 0 Å². The minimum atomic E-state index is -2.18. The molecular formula is C24H36O9. The average molecular weight is 469 g/mol. The van der Waals surface area contributed by atoms with Crippen molar-refractivity contribution in [1.82, 2.24) is 0 Å². The lowest BCUT2D eigenvalue weighted by Crippen LogP contribution is -2.59. The number of ether oxygens (including phenoxy) is 3. The molecule has 2 N–H and O–H groups in total. The molecule has 9 heteroatoms. The van der Waals surface area contributed by atoms with Crippen LogP contribution in [0.2, 0.25) is 0 Å². The van der Waals surface area contributed by atoms with E-state index in [1.807, 2.05) is 13.8 Å². The fraction of sp³-hybridized carbons (Fsp3) is 0.750. The van der Waals surface area contributed by atoms with E-state index in [2.05, 4.69) is 6.58 Å². The maximum Gasteiger partial charge on any atom is 0.334 e. The Labute approximate surface area is 194 Å². The molecule has 2 fully saturated rings. The summed E-state index contributed by atoms with van der Waals surface area (Å²) in [4.78, 5) is 50.3. The highest BCUT2D eigenvalue weighted by molar-refractivity contribution is 5.92. The number of hydrogen-bond donors (Lipinski definition) is 2. The van der Waals surface area contributed by atoms with Crippen LogP contribution in [0.3, 0.4) is 0 Å². The molecule has 0 radical (unpaired) electrons. The van der Waals surface area contributed by atoms with Crippen LogP contribution in [0, 0.1) is 23.7 Å². The Morgan fingerprint density at radius 1 is 1.21 bits per heavy atom. The largest absolute Gasteiger partial charge is 0.459 e. The Kier molecular flexibility index (Phi) is 8.46. The van der Waals surface area contributed by atoms with E-state index in [0.717, 1.165) is 0 Å². The number of carbonyl (C=O) groups excluding carboxylic acids is 4. The Morgan fingerprint density at radius 2 is 1.82 bits per heavy atom. The molecule has 0 aromatic rings. The highest BCUT2D eigenvalue weighted by Gasteiger charge is 2.58. The van der Waals surface area contributed by atoms with Crippen LogP contribution in [0.15, 0.2) is 12.2 Å². The lowest BCUT2D eigenvalue weighted by molar-refractivity contribution is -0.198. The highest BCUT2D eigenvalue weighted by Crippen LogP contribution is 2.41. The predicted molar refractivity (Wildman–Crippen MR) is 117 cm³/mol. The molecular weight excluding hydrogens is 432 g/mol. The summed E-state index contributed by atoms with van der Waals surface area (Å²) in [6, 6.07) is 0. The van der Waals surface area contributed by atoms with Gasteiger partial charge in [-0.3, -0.25) is 14.4 Å². The van der Waals surface area contributed by atoms with E-state index in [1.165, 1.54) is 6.92 Å². The first-order valence-corrected chi connectivity index (χ1v) is 11.4. The van der Waals surface area contributed by atoms with E-state index in [1.54, 1.807) is 20.8 Å². The summed E-state index contributed by atoms with van der Waals surface area (Å²) in [5.74, 6) is -4.90. The van der Waals surface area contributed by atoms with Crippen molar-refractivity contribution in [3.8, 4) is 0 Å². The Balaban J connectivity index is 2.54. The van der Waals surface area contributed by atoms with Crippen LogP contribution in [-0.2, 0) is 33.4 Å². The van der Waals surface area contributed by atoms with Crippen molar-refractivity contribution in [3.05, 3.63) is 12.2 Å². The second kappa shape index (κ2) is 10.3. The van der Waals surface area contributed by atoms with Crippen molar-refractivity contribution in [2.24, 2.45) is 23.7 Å². The summed E-state index contributed by atoms with van der Waals surface area (Å²) in [7, 11) is 0. The smallest absolute Gasteiger partial charge is 0.334 e. The summed E-state index contributed by atoms with van der Waals surface area (Å²) >= 11 is 0. The quantitative estimate of drug-likeness (QED) is 0.351. The molecule has 1 aliphatic heterocycles. The van der Waals surface area contributed by atoms with Crippen LogP contribution in [0.25, 0.3) is 0 Å². The van der Waals surface area contributed by atoms with Gasteiger partial charge < -0.3 is 24.4 Å². The fourth-order valence-corrected chi connectivity index (χ4v) is 4.22. The average Bonchev–Trinajstić information content (AvgIpc) is 2.99. The van der Waals surface area contributed by atoms with Crippen molar-refractivity contribution in [2.75, 3.05) is 0 Å². The van der Waals surface area contributed by atoms with Crippen molar-refractivity contribution in [2.45, 2.75) is 90.8 Å². The topological polar surface area (TPSA) is 136 Å². The molecule has 9 nitrogen and oxygen atoms in total. The molecule has 0 amide bonds. The lowest BCUT2D eigenvalue weighted by Gasteiger charge is -2.40. The first-order valence-electron chi connectivity index (χ1n) is 11.4. The lowest BCUT2D eigenvalue weighted by atomic mass is 9.75.